The number of amides is 1. The van der Waals surface area contributed by atoms with Crippen molar-refractivity contribution < 1.29 is 9.63 Å². The third-order valence-corrected chi connectivity index (χ3v) is 3.18. The fraction of sp³-hybridized carbons (Fsp3) is 0.133. The molecule has 0 saturated carbocycles. The highest BCUT2D eigenvalue weighted by atomic mass is 16.6. The maximum Gasteiger partial charge on any atom is 0.270 e. The summed E-state index contributed by atoms with van der Waals surface area (Å²) in [4.78, 5) is 25.0. The number of aromatic nitrogens is 2. The SMILES string of the molecule is CCO/N=C1\c2ccccc2-c2nc(C(N)=O)c(C#N)nc21. The molecule has 7 heteroatoms. The molecule has 1 aromatic carbocycles. The van der Waals surface area contributed by atoms with Gasteiger partial charge in [-0.05, 0) is 6.92 Å². The molecule has 0 radical (unpaired) electrons. The highest BCUT2D eigenvalue weighted by Crippen LogP contribution is 2.35. The van der Waals surface area contributed by atoms with Crippen LogP contribution in [-0.4, -0.2) is 28.2 Å². The molecule has 7 nitrogen and oxygen atoms in total. The molecule has 1 aliphatic carbocycles. The van der Waals surface area contributed by atoms with E-state index >= 15 is 0 Å². The van der Waals surface area contributed by atoms with E-state index in [4.69, 9.17) is 15.8 Å². The van der Waals surface area contributed by atoms with Crippen LogP contribution in [0.15, 0.2) is 29.4 Å². The Morgan fingerprint density at radius 2 is 2.05 bits per heavy atom. The lowest BCUT2D eigenvalue weighted by atomic mass is 10.1. The molecule has 0 spiro atoms. The smallest absolute Gasteiger partial charge is 0.270 e. The van der Waals surface area contributed by atoms with Crippen molar-refractivity contribution in [2.24, 2.45) is 10.9 Å². The summed E-state index contributed by atoms with van der Waals surface area (Å²) in [5, 5.41) is 13.2. The zero-order valence-electron chi connectivity index (χ0n) is 11.7. The van der Waals surface area contributed by atoms with E-state index in [2.05, 4.69) is 15.1 Å². The number of hydrogen-bond acceptors (Lipinski definition) is 6. The van der Waals surface area contributed by atoms with E-state index in [1.165, 1.54) is 0 Å². The summed E-state index contributed by atoms with van der Waals surface area (Å²) in [6, 6.07) is 9.23. The number of carbonyl (C=O) groups is 1. The maximum atomic E-state index is 11.5. The van der Waals surface area contributed by atoms with E-state index in [9.17, 15) is 4.79 Å². The Kier molecular flexibility index (Phi) is 3.27. The summed E-state index contributed by atoms with van der Waals surface area (Å²) in [6.07, 6.45) is 0. The topological polar surface area (TPSA) is 114 Å². The zero-order chi connectivity index (χ0) is 15.7. The maximum absolute atomic E-state index is 11.5. The van der Waals surface area contributed by atoms with Crippen molar-refractivity contribution in [2.75, 3.05) is 6.61 Å². The van der Waals surface area contributed by atoms with Crippen LogP contribution >= 0.6 is 0 Å². The minimum atomic E-state index is -0.792. The standard InChI is InChI=1S/C15H11N5O2/c1-2-22-20-12-9-6-4-3-5-8(9)11-14(12)18-10(7-16)13(19-11)15(17)21/h3-6H,2H2,1H3,(H2,17,21)/b20-12+. The summed E-state index contributed by atoms with van der Waals surface area (Å²) in [7, 11) is 0. The summed E-state index contributed by atoms with van der Waals surface area (Å²) >= 11 is 0. The van der Waals surface area contributed by atoms with Crippen molar-refractivity contribution in [3.05, 3.63) is 46.9 Å². The van der Waals surface area contributed by atoms with E-state index in [1.54, 1.807) is 0 Å². The second-order valence-electron chi connectivity index (χ2n) is 4.50. The van der Waals surface area contributed by atoms with Crippen LogP contribution in [0.4, 0.5) is 0 Å². The Labute approximate surface area is 126 Å². The normalized spacial score (nSPS) is 13.4. The zero-order valence-corrected chi connectivity index (χ0v) is 11.7. The molecule has 1 amide bonds. The van der Waals surface area contributed by atoms with Gasteiger partial charge in [-0.15, -0.1) is 0 Å². The van der Waals surface area contributed by atoms with Crippen molar-refractivity contribution in [3.8, 4) is 17.3 Å². The lowest BCUT2D eigenvalue weighted by molar-refractivity contribution is 0.0995. The number of carbonyl (C=O) groups excluding carboxylic acids is 1. The minimum Gasteiger partial charge on any atom is -0.396 e. The highest BCUT2D eigenvalue weighted by Gasteiger charge is 2.31. The van der Waals surface area contributed by atoms with Gasteiger partial charge >= 0.3 is 0 Å². The van der Waals surface area contributed by atoms with Crippen molar-refractivity contribution in [1.82, 2.24) is 9.97 Å². The van der Waals surface area contributed by atoms with Crippen LogP contribution < -0.4 is 5.73 Å². The largest absolute Gasteiger partial charge is 0.396 e. The summed E-state index contributed by atoms with van der Waals surface area (Å²) in [6.45, 7) is 2.22. The average molecular weight is 293 g/mol. The van der Waals surface area contributed by atoms with Crippen molar-refractivity contribution in [2.45, 2.75) is 6.92 Å². The molecule has 1 aromatic heterocycles. The summed E-state index contributed by atoms with van der Waals surface area (Å²) in [5.41, 5.74) is 7.95. The van der Waals surface area contributed by atoms with Gasteiger partial charge in [0.25, 0.3) is 5.91 Å². The predicted octanol–water partition coefficient (Wildman–Crippen LogP) is 1.22. The Morgan fingerprint density at radius 3 is 2.68 bits per heavy atom. The van der Waals surface area contributed by atoms with E-state index < -0.39 is 5.91 Å². The third-order valence-electron chi connectivity index (χ3n) is 3.18. The number of fused-ring (bicyclic) bond motifs is 3. The molecule has 108 valence electrons. The molecule has 3 rings (SSSR count). The number of primary amides is 1. The lowest BCUT2D eigenvalue weighted by Gasteiger charge is -2.03. The number of hydrogen-bond donors (Lipinski definition) is 1. The van der Waals surface area contributed by atoms with Gasteiger partial charge in [0.05, 0.1) is 0 Å². The molecule has 2 aromatic rings. The molecular formula is C15H11N5O2. The molecule has 0 atom stereocenters. The quantitative estimate of drug-likeness (QED) is 0.729. The number of nitrogens with two attached hydrogens (primary N) is 1. The second kappa shape index (κ2) is 5.26. The molecule has 0 fully saturated rings. The van der Waals surface area contributed by atoms with Crippen LogP contribution in [0.2, 0.25) is 0 Å². The Bertz CT molecular complexity index is 851. The first-order valence-corrected chi connectivity index (χ1v) is 6.59. The number of oxime groups is 1. The molecule has 0 bridgehead atoms. The minimum absolute atomic E-state index is 0.122. The number of nitriles is 1. The van der Waals surface area contributed by atoms with Crippen molar-refractivity contribution >= 4 is 11.6 Å². The van der Waals surface area contributed by atoms with Gasteiger partial charge in [-0.3, -0.25) is 4.79 Å². The number of nitrogens with zero attached hydrogens (tertiary/aromatic N) is 4. The van der Waals surface area contributed by atoms with Crippen LogP contribution in [0, 0.1) is 11.3 Å². The van der Waals surface area contributed by atoms with Crippen LogP contribution in [0.3, 0.4) is 0 Å². The van der Waals surface area contributed by atoms with Gasteiger partial charge < -0.3 is 10.6 Å². The van der Waals surface area contributed by atoms with Gasteiger partial charge in [0.1, 0.15) is 29.8 Å². The van der Waals surface area contributed by atoms with Gasteiger partial charge in [-0.25, -0.2) is 9.97 Å². The van der Waals surface area contributed by atoms with E-state index in [-0.39, 0.29) is 11.4 Å². The van der Waals surface area contributed by atoms with Gasteiger partial charge in [-0.1, -0.05) is 29.4 Å². The van der Waals surface area contributed by atoms with E-state index in [0.29, 0.717) is 23.7 Å². The fourth-order valence-electron chi connectivity index (χ4n) is 2.28. The Hall–Kier alpha value is -3.27. The Morgan fingerprint density at radius 1 is 1.32 bits per heavy atom. The van der Waals surface area contributed by atoms with Crippen LogP contribution in [0.1, 0.15) is 34.4 Å². The van der Waals surface area contributed by atoms with Crippen molar-refractivity contribution in [3.63, 3.8) is 0 Å². The molecular weight excluding hydrogens is 282 g/mol. The molecule has 22 heavy (non-hydrogen) atoms. The molecule has 1 heterocycles. The summed E-state index contributed by atoms with van der Waals surface area (Å²) < 4.78 is 0. The van der Waals surface area contributed by atoms with E-state index in [0.717, 1.165) is 11.1 Å². The van der Waals surface area contributed by atoms with Gasteiger partial charge in [0.15, 0.2) is 11.4 Å². The average Bonchev–Trinajstić information content (AvgIpc) is 2.84. The van der Waals surface area contributed by atoms with Gasteiger partial charge in [0.2, 0.25) is 0 Å². The molecule has 0 saturated heterocycles. The third kappa shape index (κ3) is 1.98. The van der Waals surface area contributed by atoms with Gasteiger partial charge in [-0.2, -0.15) is 5.26 Å². The first kappa shape index (κ1) is 13.7. The van der Waals surface area contributed by atoms with Crippen LogP contribution in [0.5, 0.6) is 0 Å². The highest BCUT2D eigenvalue weighted by molar-refractivity contribution is 6.22. The summed E-state index contributed by atoms with van der Waals surface area (Å²) in [5.74, 6) is -0.792. The molecule has 1 aliphatic rings. The number of benzene rings is 1. The monoisotopic (exact) mass is 293 g/mol. The first-order valence-electron chi connectivity index (χ1n) is 6.59. The van der Waals surface area contributed by atoms with Crippen LogP contribution in [0.25, 0.3) is 11.3 Å². The number of rotatable bonds is 3. The second-order valence-corrected chi connectivity index (χ2v) is 4.50. The van der Waals surface area contributed by atoms with Crippen molar-refractivity contribution in [1.29, 1.82) is 5.26 Å². The van der Waals surface area contributed by atoms with E-state index in [1.807, 2.05) is 37.3 Å². The van der Waals surface area contributed by atoms with Crippen LogP contribution in [-0.2, 0) is 4.84 Å². The fourth-order valence-corrected chi connectivity index (χ4v) is 2.28. The molecule has 0 aliphatic heterocycles. The lowest BCUT2D eigenvalue weighted by Crippen LogP contribution is -2.18. The molecule has 0 unspecified atom stereocenters. The Balaban J connectivity index is 2.31. The predicted molar refractivity (Wildman–Crippen MR) is 78.0 cm³/mol. The first-order chi connectivity index (χ1) is 10.7. The van der Waals surface area contributed by atoms with Gasteiger partial charge in [0, 0.05) is 11.1 Å². The molecule has 2 N–H and O–H groups in total.